The fourth-order valence-corrected chi connectivity index (χ4v) is 3.18. The van der Waals surface area contributed by atoms with Crippen molar-refractivity contribution in [2.24, 2.45) is 0 Å². The predicted octanol–water partition coefficient (Wildman–Crippen LogP) is 3.29. The van der Waals surface area contributed by atoms with Gasteiger partial charge < -0.3 is 19.3 Å². The highest BCUT2D eigenvalue weighted by atomic mass is 16.7. The number of ketones is 1. The first-order valence-electron chi connectivity index (χ1n) is 8.29. The van der Waals surface area contributed by atoms with Crippen LogP contribution in [0.25, 0.3) is 5.57 Å². The van der Waals surface area contributed by atoms with E-state index < -0.39 is 11.8 Å². The molecule has 6 heteroatoms. The van der Waals surface area contributed by atoms with E-state index in [1.807, 2.05) is 6.92 Å². The molecule has 1 aliphatic carbocycles. The van der Waals surface area contributed by atoms with Crippen LogP contribution < -0.4 is 14.2 Å². The van der Waals surface area contributed by atoms with E-state index >= 15 is 0 Å². The van der Waals surface area contributed by atoms with E-state index in [2.05, 4.69) is 0 Å². The fourth-order valence-electron chi connectivity index (χ4n) is 3.18. The molecule has 2 aliphatic rings. The van der Waals surface area contributed by atoms with Crippen molar-refractivity contribution in [3.63, 3.8) is 0 Å². The lowest BCUT2D eigenvalue weighted by Crippen LogP contribution is -2.09. The summed E-state index contributed by atoms with van der Waals surface area (Å²) in [7, 11) is 0. The molecule has 6 nitrogen and oxygen atoms in total. The van der Waals surface area contributed by atoms with Crippen LogP contribution in [0.4, 0.5) is 0 Å². The number of fused-ring (bicyclic) bond motifs is 2. The number of carboxylic acids is 1. The van der Waals surface area contributed by atoms with E-state index in [0.717, 1.165) is 6.42 Å². The molecule has 0 radical (unpaired) electrons. The zero-order chi connectivity index (χ0) is 18.3. The summed E-state index contributed by atoms with van der Waals surface area (Å²) in [6.45, 7) is 2.64. The summed E-state index contributed by atoms with van der Waals surface area (Å²) in [5.74, 6) is -0.0877. The first-order valence-corrected chi connectivity index (χ1v) is 8.29. The van der Waals surface area contributed by atoms with Crippen molar-refractivity contribution >= 4 is 17.3 Å². The van der Waals surface area contributed by atoms with E-state index in [1.165, 1.54) is 0 Å². The quantitative estimate of drug-likeness (QED) is 0.832. The van der Waals surface area contributed by atoms with Crippen LogP contribution in [-0.4, -0.2) is 30.3 Å². The van der Waals surface area contributed by atoms with Crippen molar-refractivity contribution in [2.75, 3.05) is 13.4 Å². The molecule has 2 aromatic carbocycles. The Kier molecular flexibility index (Phi) is 3.88. The van der Waals surface area contributed by atoms with Crippen LogP contribution in [0.5, 0.6) is 17.2 Å². The molecule has 0 aromatic heterocycles. The minimum absolute atomic E-state index is 0.122. The third-order valence-corrected chi connectivity index (χ3v) is 4.33. The summed E-state index contributed by atoms with van der Waals surface area (Å²) >= 11 is 0. The van der Waals surface area contributed by atoms with Crippen LogP contribution >= 0.6 is 0 Å². The van der Waals surface area contributed by atoms with Crippen LogP contribution in [-0.2, 0) is 4.79 Å². The largest absolute Gasteiger partial charge is 0.494 e. The Balaban J connectivity index is 1.84. The van der Waals surface area contributed by atoms with Gasteiger partial charge in [0.05, 0.1) is 6.61 Å². The smallest absolute Gasteiger partial charge is 0.340 e. The molecule has 1 aliphatic heterocycles. The third kappa shape index (κ3) is 2.50. The normalized spacial score (nSPS) is 14.6. The number of ether oxygens (including phenoxy) is 3. The van der Waals surface area contributed by atoms with Crippen molar-refractivity contribution in [1.82, 2.24) is 0 Å². The van der Waals surface area contributed by atoms with Crippen molar-refractivity contribution in [2.45, 2.75) is 13.3 Å². The van der Waals surface area contributed by atoms with Gasteiger partial charge in [0.25, 0.3) is 0 Å². The van der Waals surface area contributed by atoms with Gasteiger partial charge >= 0.3 is 5.97 Å². The number of hydrogen-bond acceptors (Lipinski definition) is 5. The van der Waals surface area contributed by atoms with E-state index in [0.29, 0.717) is 46.1 Å². The first-order chi connectivity index (χ1) is 12.6. The topological polar surface area (TPSA) is 82.1 Å². The van der Waals surface area contributed by atoms with Crippen LogP contribution in [0.1, 0.15) is 34.8 Å². The summed E-state index contributed by atoms with van der Waals surface area (Å²) < 4.78 is 16.2. The molecule has 0 amide bonds. The van der Waals surface area contributed by atoms with Crippen molar-refractivity contribution < 1.29 is 28.9 Å². The van der Waals surface area contributed by atoms with Gasteiger partial charge in [-0.3, -0.25) is 4.79 Å². The maximum Gasteiger partial charge on any atom is 0.340 e. The molecule has 0 unspecified atom stereocenters. The Labute approximate surface area is 149 Å². The Hall–Kier alpha value is -3.28. The lowest BCUT2D eigenvalue weighted by molar-refractivity contribution is -0.132. The zero-order valence-electron chi connectivity index (χ0n) is 14.1. The van der Waals surface area contributed by atoms with Gasteiger partial charge in [0.1, 0.15) is 11.3 Å². The van der Waals surface area contributed by atoms with E-state index in [4.69, 9.17) is 14.2 Å². The molecule has 26 heavy (non-hydrogen) atoms. The SMILES string of the molecule is CCCOc1ccc2c(c1)C(=O)C(C(=O)O)=C2c1ccc2c(c1)OCO2. The summed E-state index contributed by atoms with van der Waals surface area (Å²) in [4.78, 5) is 24.5. The second-order valence-electron chi connectivity index (χ2n) is 6.01. The van der Waals surface area contributed by atoms with Crippen LogP contribution in [0.3, 0.4) is 0 Å². The molecule has 0 atom stereocenters. The number of hydrogen-bond donors (Lipinski definition) is 1. The molecule has 0 saturated heterocycles. The summed E-state index contributed by atoms with van der Waals surface area (Å²) in [5, 5.41) is 9.63. The minimum atomic E-state index is -1.25. The average Bonchev–Trinajstić information content (AvgIpc) is 3.21. The number of rotatable bonds is 5. The highest BCUT2D eigenvalue weighted by Crippen LogP contribution is 2.42. The number of carbonyl (C=O) groups is 2. The summed E-state index contributed by atoms with van der Waals surface area (Å²) in [5.41, 5.74) is 1.66. The monoisotopic (exact) mass is 352 g/mol. The van der Waals surface area contributed by atoms with E-state index in [1.54, 1.807) is 36.4 Å². The van der Waals surface area contributed by atoms with E-state index in [9.17, 15) is 14.7 Å². The number of carboxylic acid groups (broad SMARTS) is 1. The molecule has 0 fully saturated rings. The number of benzene rings is 2. The van der Waals surface area contributed by atoms with Gasteiger partial charge in [-0.2, -0.15) is 0 Å². The maximum atomic E-state index is 12.7. The highest BCUT2D eigenvalue weighted by molar-refractivity contribution is 6.34. The van der Waals surface area contributed by atoms with E-state index in [-0.39, 0.29) is 12.4 Å². The van der Waals surface area contributed by atoms with Gasteiger partial charge in [-0.1, -0.05) is 13.0 Å². The molecule has 0 spiro atoms. The molecule has 2 aromatic rings. The molecular weight excluding hydrogens is 336 g/mol. The van der Waals surface area contributed by atoms with Gasteiger partial charge in [0.15, 0.2) is 11.5 Å². The van der Waals surface area contributed by atoms with Gasteiger partial charge in [-0.25, -0.2) is 4.79 Å². The Morgan fingerprint density at radius 1 is 1.12 bits per heavy atom. The average molecular weight is 352 g/mol. The Morgan fingerprint density at radius 3 is 2.69 bits per heavy atom. The minimum Gasteiger partial charge on any atom is -0.494 e. The van der Waals surface area contributed by atoms with Crippen LogP contribution in [0, 0.1) is 0 Å². The number of aliphatic carboxylic acids is 1. The standard InChI is InChI=1S/C20H16O6/c1-2-7-24-12-4-5-13-14(9-12)19(21)18(20(22)23)17(13)11-3-6-15-16(8-11)26-10-25-15/h3-6,8-9H,2,7,10H2,1H3,(H,22,23). The second kappa shape index (κ2) is 6.22. The molecule has 1 heterocycles. The molecular formula is C20H16O6. The van der Waals surface area contributed by atoms with Gasteiger partial charge in [-0.15, -0.1) is 0 Å². The van der Waals surface area contributed by atoms with Gasteiger partial charge in [0, 0.05) is 11.1 Å². The van der Waals surface area contributed by atoms with Crippen LogP contribution in [0.2, 0.25) is 0 Å². The zero-order valence-corrected chi connectivity index (χ0v) is 14.1. The third-order valence-electron chi connectivity index (χ3n) is 4.33. The van der Waals surface area contributed by atoms with Crippen molar-refractivity contribution in [3.8, 4) is 17.2 Å². The first kappa shape index (κ1) is 16.2. The van der Waals surface area contributed by atoms with Gasteiger partial charge in [0.2, 0.25) is 12.6 Å². The number of Topliss-reactive ketones (excluding diaryl/α,β-unsaturated/α-hetero) is 1. The highest BCUT2D eigenvalue weighted by Gasteiger charge is 2.35. The van der Waals surface area contributed by atoms with Crippen molar-refractivity contribution in [3.05, 3.63) is 58.7 Å². The molecule has 4 rings (SSSR count). The maximum absolute atomic E-state index is 12.7. The molecule has 1 N–H and O–H groups in total. The molecule has 0 bridgehead atoms. The Bertz CT molecular complexity index is 957. The predicted molar refractivity (Wildman–Crippen MR) is 92.8 cm³/mol. The van der Waals surface area contributed by atoms with Gasteiger partial charge in [-0.05, 0) is 47.9 Å². The second-order valence-corrected chi connectivity index (χ2v) is 6.01. The summed E-state index contributed by atoms with van der Waals surface area (Å²) in [6, 6.07) is 10.2. The van der Waals surface area contributed by atoms with Crippen LogP contribution in [0.15, 0.2) is 42.0 Å². The van der Waals surface area contributed by atoms with Crippen molar-refractivity contribution in [1.29, 1.82) is 0 Å². The Morgan fingerprint density at radius 2 is 1.92 bits per heavy atom. The lowest BCUT2D eigenvalue weighted by Gasteiger charge is -2.09. The lowest BCUT2D eigenvalue weighted by atomic mass is 9.97. The summed E-state index contributed by atoms with van der Waals surface area (Å²) in [6.07, 6.45) is 0.839. The molecule has 132 valence electrons. The fraction of sp³-hybridized carbons (Fsp3) is 0.200. The number of carbonyl (C=O) groups excluding carboxylic acids is 1. The molecule has 0 saturated carbocycles.